The maximum Gasteiger partial charge on any atom is 0.149 e. The first-order chi connectivity index (χ1) is 10.0. The van der Waals surface area contributed by atoms with Crippen molar-refractivity contribution >= 4 is 5.69 Å². The predicted octanol–water partition coefficient (Wildman–Crippen LogP) is 2.39. The highest BCUT2D eigenvalue weighted by atomic mass is 19.1. The summed E-state index contributed by atoms with van der Waals surface area (Å²) in [5.74, 6) is -0.954. The van der Waals surface area contributed by atoms with E-state index in [9.17, 15) is 8.78 Å². The number of hydrogen-bond acceptors (Lipinski definition) is 3. The zero-order valence-corrected chi connectivity index (χ0v) is 12.9. The second-order valence-electron chi connectivity index (χ2n) is 5.92. The van der Waals surface area contributed by atoms with Gasteiger partial charge in [-0.3, -0.25) is 4.90 Å². The van der Waals surface area contributed by atoms with E-state index in [0.29, 0.717) is 25.1 Å². The molecule has 0 aromatic heterocycles. The van der Waals surface area contributed by atoms with Crippen molar-refractivity contribution in [1.29, 1.82) is 0 Å². The van der Waals surface area contributed by atoms with Crippen molar-refractivity contribution in [3.63, 3.8) is 0 Å². The van der Waals surface area contributed by atoms with Crippen LogP contribution in [-0.2, 0) is 6.42 Å². The van der Waals surface area contributed by atoms with E-state index >= 15 is 0 Å². The van der Waals surface area contributed by atoms with Crippen molar-refractivity contribution < 1.29 is 8.78 Å². The summed E-state index contributed by atoms with van der Waals surface area (Å²) in [4.78, 5) is 4.14. The first-order valence-electron chi connectivity index (χ1n) is 7.72. The Labute approximate surface area is 125 Å². The number of rotatable bonds is 5. The molecule has 1 aliphatic heterocycles. The number of piperazine rings is 1. The number of nitrogens with zero attached hydrogens (tertiary/aromatic N) is 2. The molecule has 0 aliphatic carbocycles. The summed E-state index contributed by atoms with van der Waals surface area (Å²) in [6.07, 6.45) is 1.59. The molecule has 0 amide bonds. The third-order valence-electron chi connectivity index (χ3n) is 3.86. The van der Waals surface area contributed by atoms with Crippen molar-refractivity contribution in [2.75, 3.05) is 37.6 Å². The molecule has 1 aliphatic rings. The fourth-order valence-corrected chi connectivity index (χ4v) is 2.92. The quantitative estimate of drug-likeness (QED) is 0.906. The van der Waals surface area contributed by atoms with Crippen LogP contribution in [-0.4, -0.2) is 43.7 Å². The average molecular weight is 297 g/mol. The van der Waals surface area contributed by atoms with E-state index < -0.39 is 11.6 Å². The van der Waals surface area contributed by atoms with Gasteiger partial charge in [0.05, 0.1) is 0 Å². The second-order valence-corrected chi connectivity index (χ2v) is 5.92. The summed E-state index contributed by atoms with van der Waals surface area (Å²) >= 11 is 0. The van der Waals surface area contributed by atoms with E-state index in [1.165, 1.54) is 12.1 Å². The average Bonchev–Trinajstić information content (AvgIpc) is 2.39. The first kappa shape index (κ1) is 16.2. The Balaban J connectivity index is 2.10. The standard InChI is InChI=1S/C16H25F2N3/c1-3-4-20-5-7-21(8-6-20)16-14(17)10-13(9-12(2)19)11-15(16)18/h10-12H,3-9,19H2,1-2H3. The molecule has 1 fully saturated rings. The van der Waals surface area contributed by atoms with Gasteiger partial charge in [0, 0.05) is 32.2 Å². The number of halogens is 2. The molecule has 2 rings (SSSR count). The molecule has 0 bridgehead atoms. The Morgan fingerprint density at radius 2 is 1.71 bits per heavy atom. The minimum Gasteiger partial charge on any atom is -0.364 e. The molecule has 5 heteroatoms. The fraction of sp³-hybridized carbons (Fsp3) is 0.625. The monoisotopic (exact) mass is 297 g/mol. The molecule has 2 N–H and O–H groups in total. The van der Waals surface area contributed by atoms with Crippen LogP contribution >= 0.6 is 0 Å². The summed E-state index contributed by atoms with van der Waals surface area (Å²) in [6, 6.07) is 2.73. The maximum absolute atomic E-state index is 14.3. The van der Waals surface area contributed by atoms with E-state index in [1.807, 2.05) is 11.8 Å². The minimum atomic E-state index is -0.477. The molecule has 0 radical (unpaired) electrons. The second kappa shape index (κ2) is 7.18. The Morgan fingerprint density at radius 3 is 2.19 bits per heavy atom. The molecule has 0 saturated carbocycles. The molecule has 1 heterocycles. The summed E-state index contributed by atoms with van der Waals surface area (Å²) in [5, 5.41) is 0. The van der Waals surface area contributed by atoms with E-state index in [0.717, 1.165) is 26.1 Å². The van der Waals surface area contributed by atoms with Gasteiger partial charge in [-0.05, 0) is 44.0 Å². The Morgan fingerprint density at radius 1 is 1.14 bits per heavy atom. The highest BCUT2D eigenvalue weighted by Crippen LogP contribution is 2.26. The Hall–Kier alpha value is -1.20. The van der Waals surface area contributed by atoms with E-state index in [4.69, 9.17) is 5.73 Å². The zero-order valence-electron chi connectivity index (χ0n) is 12.9. The highest BCUT2D eigenvalue weighted by molar-refractivity contribution is 5.51. The molecular weight excluding hydrogens is 272 g/mol. The summed E-state index contributed by atoms with van der Waals surface area (Å²) in [7, 11) is 0. The third-order valence-corrected chi connectivity index (χ3v) is 3.86. The minimum absolute atomic E-state index is 0.104. The Kier molecular flexibility index (Phi) is 5.53. The zero-order chi connectivity index (χ0) is 15.4. The van der Waals surface area contributed by atoms with Crippen molar-refractivity contribution in [1.82, 2.24) is 4.90 Å². The topological polar surface area (TPSA) is 32.5 Å². The van der Waals surface area contributed by atoms with Crippen LogP contribution < -0.4 is 10.6 Å². The normalized spacial score (nSPS) is 18.0. The molecule has 1 atom stereocenters. The van der Waals surface area contributed by atoms with Crippen LogP contribution in [0.5, 0.6) is 0 Å². The van der Waals surface area contributed by atoms with Crippen LogP contribution in [0.25, 0.3) is 0 Å². The molecule has 21 heavy (non-hydrogen) atoms. The van der Waals surface area contributed by atoms with Gasteiger partial charge in [-0.1, -0.05) is 6.92 Å². The van der Waals surface area contributed by atoms with Crippen LogP contribution in [0.1, 0.15) is 25.8 Å². The van der Waals surface area contributed by atoms with Crippen LogP contribution in [0.2, 0.25) is 0 Å². The number of benzene rings is 1. The lowest BCUT2D eigenvalue weighted by molar-refractivity contribution is 0.257. The van der Waals surface area contributed by atoms with E-state index in [1.54, 1.807) is 0 Å². The van der Waals surface area contributed by atoms with Gasteiger partial charge in [-0.2, -0.15) is 0 Å². The van der Waals surface area contributed by atoms with Gasteiger partial charge in [0.2, 0.25) is 0 Å². The molecule has 118 valence electrons. The van der Waals surface area contributed by atoms with Gasteiger partial charge in [0.1, 0.15) is 17.3 Å². The first-order valence-corrected chi connectivity index (χ1v) is 7.72. The summed E-state index contributed by atoms with van der Waals surface area (Å²) < 4.78 is 28.5. The van der Waals surface area contributed by atoms with E-state index in [2.05, 4.69) is 11.8 Å². The summed E-state index contributed by atoms with van der Waals surface area (Å²) in [5.41, 5.74) is 6.42. The van der Waals surface area contributed by atoms with Crippen LogP contribution in [0.3, 0.4) is 0 Å². The van der Waals surface area contributed by atoms with Gasteiger partial charge in [0.15, 0.2) is 0 Å². The number of nitrogens with two attached hydrogens (primary N) is 1. The number of anilines is 1. The number of hydrogen-bond donors (Lipinski definition) is 1. The molecule has 1 aromatic carbocycles. The van der Waals surface area contributed by atoms with Gasteiger partial charge >= 0.3 is 0 Å². The van der Waals surface area contributed by atoms with Gasteiger partial charge in [-0.15, -0.1) is 0 Å². The van der Waals surface area contributed by atoms with Crippen molar-refractivity contribution in [3.05, 3.63) is 29.3 Å². The fourth-order valence-electron chi connectivity index (χ4n) is 2.92. The largest absolute Gasteiger partial charge is 0.364 e. The van der Waals surface area contributed by atoms with Crippen molar-refractivity contribution in [2.45, 2.75) is 32.7 Å². The smallest absolute Gasteiger partial charge is 0.149 e. The molecule has 1 unspecified atom stereocenters. The third kappa shape index (κ3) is 4.14. The van der Waals surface area contributed by atoms with Crippen molar-refractivity contribution in [2.24, 2.45) is 5.73 Å². The van der Waals surface area contributed by atoms with Gasteiger partial charge in [0.25, 0.3) is 0 Å². The molecular formula is C16H25F2N3. The van der Waals surface area contributed by atoms with Crippen molar-refractivity contribution in [3.8, 4) is 0 Å². The van der Waals surface area contributed by atoms with Crippen LogP contribution in [0.15, 0.2) is 12.1 Å². The van der Waals surface area contributed by atoms with Gasteiger partial charge in [-0.25, -0.2) is 8.78 Å². The maximum atomic E-state index is 14.3. The lowest BCUT2D eigenvalue weighted by atomic mass is 10.1. The van der Waals surface area contributed by atoms with E-state index in [-0.39, 0.29) is 11.7 Å². The van der Waals surface area contributed by atoms with Crippen LogP contribution in [0, 0.1) is 11.6 Å². The lowest BCUT2D eigenvalue weighted by Gasteiger charge is -2.36. The SMILES string of the molecule is CCCN1CCN(c2c(F)cc(CC(C)N)cc2F)CC1. The lowest BCUT2D eigenvalue weighted by Crippen LogP contribution is -2.47. The highest BCUT2D eigenvalue weighted by Gasteiger charge is 2.22. The molecule has 1 aromatic rings. The molecule has 0 spiro atoms. The van der Waals surface area contributed by atoms with Gasteiger partial charge < -0.3 is 10.6 Å². The molecule has 3 nitrogen and oxygen atoms in total. The molecule has 1 saturated heterocycles. The summed E-state index contributed by atoms with van der Waals surface area (Å²) in [6.45, 7) is 8.06. The Bertz CT molecular complexity index is 446. The van der Waals surface area contributed by atoms with Crippen LogP contribution in [0.4, 0.5) is 14.5 Å². The predicted molar refractivity (Wildman–Crippen MR) is 82.7 cm³/mol.